The Morgan fingerprint density at radius 3 is 2.17 bits per heavy atom. The van der Waals surface area contributed by atoms with Crippen LogP contribution < -0.4 is 4.74 Å². The van der Waals surface area contributed by atoms with Gasteiger partial charge in [-0.1, -0.05) is 52.7 Å². The third kappa shape index (κ3) is 7.72. The summed E-state index contributed by atoms with van der Waals surface area (Å²) in [5.74, 6) is 1.05. The zero-order valence-electron chi connectivity index (χ0n) is 19.7. The van der Waals surface area contributed by atoms with Crippen LogP contribution in [0.4, 0.5) is 0 Å². The molecule has 29 heavy (non-hydrogen) atoms. The number of aryl methyl sites for hydroxylation is 2. The molecular weight excluding hydrogens is 352 g/mol. The molecule has 0 spiro atoms. The second kappa shape index (κ2) is 10.7. The Morgan fingerprint density at radius 1 is 0.897 bits per heavy atom. The first-order chi connectivity index (χ1) is 13.7. The lowest BCUT2D eigenvalue weighted by molar-refractivity contribution is 0.127. The van der Waals surface area contributed by atoms with Crippen LogP contribution >= 0.6 is 0 Å². The number of benzene rings is 1. The van der Waals surface area contributed by atoms with Gasteiger partial charge in [-0.05, 0) is 105 Å². The predicted octanol–water partition coefficient (Wildman–Crippen LogP) is 8.67. The van der Waals surface area contributed by atoms with Crippen LogP contribution in [0.5, 0.6) is 5.75 Å². The van der Waals surface area contributed by atoms with E-state index in [1.54, 1.807) is 0 Å². The van der Waals surface area contributed by atoms with E-state index < -0.39 is 0 Å². The van der Waals surface area contributed by atoms with Crippen molar-refractivity contribution in [1.82, 2.24) is 0 Å². The first-order valence-corrected chi connectivity index (χ1v) is 11.1. The minimum Gasteiger partial charge on any atom is -0.483 e. The van der Waals surface area contributed by atoms with E-state index in [4.69, 9.17) is 4.74 Å². The monoisotopic (exact) mass is 392 g/mol. The van der Waals surface area contributed by atoms with Crippen molar-refractivity contribution in [3.8, 4) is 5.75 Å². The highest BCUT2D eigenvalue weighted by atomic mass is 16.5. The van der Waals surface area contributed by atoms with Gasteiger partial charge in [-0.3, -0.25) is 0 Å². The fourth-order valence-electron chi connectivity index (χ4n) is 3.86. The smallest absolute Gasteiger partial charge is 0.130 e. The zero-order valence-corrected chi connectivity index (χ0v) is 19.7. The SMILES string of the molecule is CC(C)=CCCC(C)=CCCC(C)=CCCC1(C)C=Cc2cc(C)cc(C)c2O1. The Morgan fingerprint density at radius 2 is 1.52 bits per heavy atom. The summed E-state index contributed by atoms with van der Waals surface area (Å²) in [7, 11) is 0. The number of fused-ring (bicyclic) bond motifs is 1. The van der Waals surface area contributed by atoms with Crippen LogP contribution in [-0.2, 0) is 0 Å². The Hall–Kier alpha value is -2.02. The number of hydrogen-bond donors (Lipinski definition) is 0. The molecule has 1 unspecified atom stereocenters. The summed E-state index contributed by atoms with van der Waals surface area (Å²) in [6.45, 7) is 15.3. The summed E-state index contributed by atoms with van der Waals surface area (Å²) in [5, 5.41) is 0. The predicted molar refractivity (Wildman–Crippen MR) is 129 cm³/mol. The summed E-state index contributed by atoms with van der Waals surface area (Å²) >= 11 is 0. The first kappa shape index (κ1) is 23.3. The summed E-state index contributed by atoms with van der Waals surface area (Å²) in [6, 6.07) is 4.41. The van der Waals surface area contributed by atoms with Crippen molar-refractivity contribution < 1.29 is 4.74 Å². The van der Waals surface area contributed by atoms with Crippen LogP contribution in [-0.4, -0.2) is 5.60 Å². The fraction of sp³-hybridized carbons (Fsp3) is 0.500. The molecule has 1 aliphatic heterocycles. The molecule has 1 aromatic rings. The van der Waals surface area contributed by atoms with E-state index >= 15 is 0 Å². The standard InChI is InChI=1S/C28H40O/c1-21(2)11-8-12-22(3)13-9-14-23(4)15-10-17-28(7)18-16-26-20-24(5)19-25(6)27(26)29-28/h11,13,15-16,18-20H,8-10,12,14,17H2,1-7H3. The lowest BCUT2D eigenvalue weighted by atomic mass is 9.93. The lowest BCUT2D eigenvalue weighted by Gasteiger charge is -2.32. The van der Waals surface area contributed by atoms with E-state index in [0.717, 1.165) is 37.9 Å². The number of rotatable bonds is 9. The molecule has 1 aliphatic rings. The normalized spacial score (nSPS) is 19.0. The van der Waals surface area contributed by atoms with E-state index in [1.807, 2.05) is 0 Å². The Balaban J connectivity index is 1.81. The number of hydrogen-bond acceptors (Lipinski definition) is 1. The molecule has 0 saturated heterocycles. The molecule has 1 nitrogen and oxygen atoms in total. The van der Waals surface area contributed by atoms with Gasteiger partial charge in [-0.15, -0.1) is 0 Å². The van der Waals surface area contributed by atoms with Gasteiger partial charge >= 0.3 is 0 Å². The van der Waals surface area contributed by atoms with Crippen molar-refractivity contribution >= 4 is 6.08 Å². The van der Waals surface area contributed by atoms with Crippen molar-refractivity contribution in [3.05, 3.63) is 69.8 Å². The van der Waals surface area contributed by atoms with Crippen molar-refractivity contribution in [1.29, 1.82) is 0 Å². The van der Waals surface area contributed by atoms with Crippen molar-refractivity contribution in [2.45, 2.75) is 92.6 Å². The molecule has 0 bridgehead atoms. The molecule has 1 heteroatoms. The van der Waals surface area contributed by atoms with E-state index in [9.17, 15) is 0 Å². The Kier molecular flexibility index (Phi) is 8.56. The summed E-state index contributed by atoms with van der Waals surface area (Å²) in [5.41, 5.74) is 7.91. The highest BCUT2D eigenvalue weighted by Gasteiger charge is 2.27. The second-order valence-electron chi connectivity index (χ2n) is 9.25. The fourth-order valence-corrected chi connectivity index (χ4v) is 3.86. The van der Waals surface area contributed by atoms with E-state index in [-0.39, 0.29) is 5.60 Å². The second-order valence-corrected chi connectivity index (χ2v) is 9.25. The molecular formula is C28H40O. The van der Waals surface area contributed by atoms with Gasteiger partial charge in [-0.2, -0.15) is 0 Å². The maximum absolute atomic E-state index is 6.42. The maximum Gasteiger partial charge on any atom is 0.130 e. The van der Waals surface area contributed by atoms with Crippen molar-refractivity contribution in [2.24, 2.45) is 0 Å². The summed E-state index contributed by atoms with van der Waals surface area (Å²) in [4.78, 5) is 0. The molecule has 0 amide bonds. The number of allylic oxidation sites excluding steroid dienone is 6. The topological polar surface area (TPSA) is 9.23 Å². The molecule has 0 aliphatic carbocycles. The maximum atomic E-state index is 6.42. The van der Waals surface area contributed by atoms with Crippen LogP contribution in [0.15, 0.2) is 53.2 Å². The molecule has 1 aromatic carbocycles. The highest BCUT2D eigenvalue weighted by Crippen LogP contribution is 2.36. The van der Waals surface area contributed by atoms with Gasteiger partial charge in [-0.25, -0.2) is 0 Å². The van der Waals surface area contributed by atoms with E-state index in [0.29, 0.717) is 0 Å². The Labute approximate surface area is 179 Å². The van der Waals surface area contributed by atoms with Crippen molar-refractivity contribution in [3.63, 3.8) is 0 Å². The van der Waals surface area contributed by atoms with Crippen molar-refractivity contribution in [2.75, 3.05) is 0 Å². The third-order valence-corrected chi connectivity index (χ3v) is 5.65. The van der Waals surface area contributed by atoms with Gasteiger partial charge in [0.2, 0.25) is 0 Å². The molecule has 1 heterocycles. The molecule has 2 rings (SSSR count). The highest BCUT2D eigenvalue weighted by molar-refractivity contribution is 5.64. The molecule has 0 fully saturated rings. The van der Waals surface area contributed by atoms with Crippen LogP contribution in [0.3, 0.4) is 0 Å². The first-order valence-electron chi connectivity index (χ1n) is 11.1. The minimum absolute atomic E-state index is 0.217. The van der Waals surface area contributed by atoms with Gasteiger partial charge in [0.25, 0.3) is 0 Å². The van der Waals surface area contributed by atoms with Gasteiger partial charge < -0.3 is 4.74 Å². The number of ether oxygens (including phenoxy) is 1. The molecule has 0 saturated carbocycles. The van der Waals surface area contributed by atoms with Gasteiger partial charge in [0.05, 0.1) is 0 Å². The van der Waals surface area contributed by atoms with Gasteiger partial charge in [0.15, 0.2) is 0 Å². The molecule has 0 N–H and O–H groups in total. The average Bonchev–Trinajstić information content (AvgIpc) is 2.62. The zero-order chi connectivity index (χ0) is 21.4. The quantitative estimate of drug-likeness (QED) is 0.382. The summed E-state index contributed by atoms with van der Waals surface area (Å²) in [6.07, 6.45) is 18.3. The van der Waals surface area contributed by atoms with E-state index in [2.05, 4.69) is 91.0 Å². The van der Waals surface area contributed by atoms with Crippen LogP contribution in [0, 0.1) is 13.8 Å². The molecule has 158 valence electrons. The molecule has 0 radical (unpaired) electrons. The largest absolute Gasteiger partial charge is 0.483 e. The lowest BCUT2D eigenvalue weighted by Crippen LogP contribution is -2.32. The average molecular weight is 393 g/mol. The van der Waals surface area contributed by atoms with Crippen LogP contribution in [0.25, 0.3) is 6.08 Å². The van der Waals surface area contributed by atoms with Gasteiger partial charge in [0, 0.05) is 5.56 Å². The minimum atomic E-state index is -0.217. The molecule has 0 aromatic heterocycles. The van der Waals surface area contributed by atoms with E-state index in [1.165, 1.54) is 39.8 Å². The third-order valence-electron chi connectivity index (χ3n) is 5.65. The van der Waals surface area contributed by atoms with Crippen LogP contribution in [0.2, 0.25) is 0 Å². The molecule has 1 atom stereocenters. The summed E-state index contributed by atoms with van der Waals surface area (Å²) < 4.78 is 6.42. The Bertz CT molecular complexity index is 815. The van der Waals surface area contributed by atoms with Gasteiger partial charge in [0.1, 0.15) is 11.4 Å². The van der Waals surface area contributed by atoms with Crippen LogP contribution in [0.1, 0.15) is 89.8 Å².